The van der Waals surface area contributed by atoms with Crippen molar-refractivity contribution >= 4 is 11.6 Å². The molecule has 1 aliphatic rings. The Morgan fingerprint density at radius 1 is 1.12 bits per heavy atom. The van der Waals surface area contributed by atoms with Gasteiger partial charge in [-0.25, -0.2) is 8.78 Å². The van der Waals surface area contributed by atoms with Crippen LogP contribution in [0.1, 0.15) is 29.5 Å². The molecule has 5 heteroatoms. The molecule has 3 nitrogen and oxygen atoms in total. The minimum absolute atomic E-state index is 0.300. The van der Waals surface area contributed by atoms with E-state index in [4.69, 9.17) is 5.73 Å². The molecule has 24 heavy (non-hydrogen) atoms. The zero-order chi connectivity index (χ0) is 17.3. The maximum absolute atomic E-state index is 14.0. The van der Waals surface area contributed by atoms with Crippen molar-refractivity contribution in [3.63, 3.8) is 0 Å². The first-order chi connectivity index (χ1) is 11.4. The molecule has 1 aliphatic carbocycles. The van der Waals surface area contributed by atoms with E-state index in [1.165, 1.54) is 12.1 Å². The number of hydrogen-bond donors (Lipinski definition) is 2. The van der Waals surface area contributed by atoms with Crippen LogP contribution in [0, 0.1) is 25.5 Å². The summed E-state index contributed by atoms with van der Waals surface area (Å²) in [5.74, 6) is -0.774. The van der Waals surface area contributed by atoms with Crippen LogP contribution in [0.5, 0.6) is 0 Å². The number of hydrogen-bond acceptors (Lipinski definition) is 1. The predicted octanol–water partition coefficient (Wildman–Crippen LogP) is 4.04. The Kier molecular flexibility index (Phi) is 4.26. The minimum atomic E-state index is -0.563. The molecule has 2 aromatic rings. The number of benzene rings is 2. The monoisotopic (exact) mass is 329 g/mol. The summed E-state index contributed by atoms with van der Waals surface area (Å²) in [7, 11) is 0. The summed E-state index contributed by atoms with van der Waals surface area (Å²) in [5, 5.41) is 3.07. The molecular weight excluding hydrogens is 308 g/mol. The van der Waals surface area contributed by atoms with Crippen molar-refractivity contribution in [2.24, 2.45) is 10.7 Å². The lowest BCUT2D eigenvalue weighted by molar-refractivity contribution is 0.549. The van der Waals surface area contributed by atoms with Gasteiger partial charge in [-0.2, -0.15) is 0 Å². The van der Waals surface area contributed by atoms with Crippen LogP contribution < -0.4 is 11.1 Å². The molecule has 0 atom stereocenters. The van der Waals surface area contributed by atoms with Gasteiger partial charge in [0.25, 0.3) is 0 Å². The Morgan fingerprint density at radius 3 is 2.38 bits per heavy atom. The van der Waals surface area contributed by atoms with E-state index in [1.807, 2.05) is 26.0 Å². The van der Waals surface area contributed by atoms with Crippen LogP contribution in [0.25, 0.3) is 0 Å². The van der Waals surface area contributed by atoms with Crippen molar-refractivity contribution in [2.75, 3.05) is 11.9 Å². The van der Waals surface area contributed by atoms with Gasteiger partial charge in [-0.1, -0.05) is 12.1 Å². The highest BCUT2D eigenvalue weighted by Gasteiger charge is 2.46. The Balaban J connectivity index is 1.72. The van der Waals surface area contributed by atoms with E-state index in [2.05, 4.69) is 16.4 Å². The Bertz CT molecular complexity index is 775. The zero-order valence-corrected chi connectivity index (χ0v) is 13.9. The van der Waals surface area contributed by atoms with Crippen LogP contribution in [-0.4, -0.2) is 12.5 Å². The summed E-state index contributed by atoms with van der Waals surface area (Å²) in [5.41, 5.74) is 9.29. The molecule has 0 bridgehead atoms. The molecule has 0 amide bonds. The van der Waals surface area contributed by atoms with Gasteiger partial charge in [0, 0.05) is 17.2 Å². The molecule has 3 N–H and O–H groups in total. The highest BCUT2D eigenvalue weighted by atomic mass is 19.1. The number of nitrogens with zero attached hydrogens (tertiary/aromatic N) is 1. The number of aliphatic imine (C=N–C) groups is 1. The van der Waals surface area contributed by atoms with Crippen molar-refractivity contribution in [2.45, 2.75) is 32.1 Å². The molecule has 0 spiro atoms. The summed E-state index contributed by atoms with van der Waals surface area (Å²) < 4.78 is 27.1. The molecule has 1 saturated carbocycles. The fourth-order valence-electron chi connectivity index (χ4n) is 3.05. The third-order valence-electron chi connectivity index (χ3n) is 4.40. The van der Waals surface area contributed by atoms with Gasteiger partial charge >= 0.3 is 0 Å². The van der Waals surface area contributed by atoms with Gasteiger partial charge in [-0.3, -0.25) is 4.99 Å². The Morgan fingerprint density at radius 2 is 1.79 bits per heavy atom. The second-order valence-electron chi connectivity index (χ2n) is 6.61. The molecule has 0 radical (unpaired) electrons. The lowest BCUT2D eigenvalue weighted by Gasteiger charge is -2.15. The summed E-state index contributed by atoms with van der Waals surface area (Å²) in [6, 6.07) is 9.79. The second-order valence-corrected chi connectivity index (χ2v) is 6.61. The van der Waals surface area contributed by atoms with Crippen LogP contribution in [0.2, 0.25) is 0 Å². The van der Waals surface area contributed by atoms with Crippen molar-refractivity contribution in [1.82, 2.24) is 0 Å². The third-order valence-corrected chi connectivity index (χ3v) is 4.40. The normalized spacial score (nSPS) is 16.1. The molecule has 0 unspecified atom stereocenters. The molecule has 2 aromatic carbocycles. The van der Waals surface area contributed by atoms with Crippen LogP contribution >= 0.6 is 0 Å². The first kappa shape index (κ1) is 16.4. The third kappa shape index (κ3) is 3.55. The van der Waals surface area contributed by atoms with Gasteiger partial charge in [0.05, 0.1) is 6.54 Å². The average Bonchev–Trinajstić information content (AvgIpc) is 3.25. The molecule has 126 valence electrons. The van der Waals surface area contributed by atoms with Crippen LogP contribution in [0.3, 0.4) is 0 Å². The molecule has 0 saturated heterocycles. The lowest BCUT2D eigenvalue weighted by atomic mass is 9.95. The largest absolute Gasteiger partial charge is 0.370 e. The number of aryl methyl sites for hydroxylation is 2. The maximum atomic E-state index is 14.0. The first-order valence-electron chi connectivity index (χ1n) is 7.99. The number of nitrogens with one attached hydrogen (secondary N) is 1. The lowest BCUT2D eigenvalue weighted by Crippen LogP contribution is -2.25. The summed E-state index contributed by atoms with van der Waals surface area (Å²) in [6.07, 6.45) is 1.66. The molecule has 1 fully saturated rings. The van der Waals surface area contributed by atoms with Crippen molar-refractivity contribution in [1.29, 1.82) is 0 Å². The van der Waals surface area contributed by atoms with E-state index >= 15 is 0 Å². The number of nitrogens with two attached hydrogens (primary N) is 1. The van der Waals surface area contributed by atoms with Crippen LogP contribution in [0.15, 0.2) is 41.4 Å². The van der Waals surface area contributed by atoms with Crippen molar-refractivity contribution in [3.8, 4) is 0 Å². The summed E-state index contributed by atoms with van der Waals surface area (Å²) >= 11 is 0. The van der Waals surface area contributed by atoms with Gasteiger partial charge in [0.2, 0.25) is 0 Å². The molecular formula is C19H21F2N3. The van der Waals surface area contributed by atoms with Crippen LogP contribution in [-0.2, 0) is 5.41 Å². The van der Waals surface area contributed by atoms with Crippen LogP contribution in [0.4, 0.5) is 14.5 Å². The Hall–Kier alpha value is -2.43. The second kappa shape index (κ2) is 6.23. The van der Waals surface area contributed by atoms with E-state index in [9.17, 15) is 8.78 Å². The van der Waals surface area contributed by atoms with Crippen molar-refractivity contribution < 1.29 is 8.78 Å². The number of rotatable bonds is 4. The molecule has 0 aliphatic heterocycles. The van der Waals surface area contributed by atoms with Gasteiger partial charge in [0.1, 0.15) is 11.6 Å². The molecule has 0 heterocycles. The van der Waals surface area contributed by atoms with E-state index in [0.29, 0.717) is 18.1 Å². The average molecular weight is 329 g/mol. The van der Waals surface area contributed by atoms with Crippen molar-refractivity contribution in [3.05, 3.63) is 64.7 Å². The number of anilines is 1. The highest BCUT2D eigenvalue weighted by Crippen LogP contribution is 2.49. The summed E-state index contributed by atoms with van der Waals surface area (Å²) in [6.45, 7) is 4.42. The van der Waals surface area contributed by atoms with Gasteiger partial charge in [-0.05, 0) is 61.6 Å². The zero-order valence-electron chi connectivity index (χ0n) is 13.9. The quantitative estimate of drug-likeness (QED) is 0.657. The van der Waals surface area contributed by atoms with E-state index in [-0.39, 0.29) is 5.41 Å². The van der Waals surface area contributed by atoms with Gasteiger partial charge in [0.15, 0.2) is 5.96 Å². The molecule has 3 rings (SSSR count). The maximum Gasteiger partial charge on any atom is 0.193 e. The fourth-order valence-corrected chi connectivity index (χ4v) is 3.05. The van der Waals surface area contributed by atoms with E-state index in [1.54, 1.807) is 0 Å². The van der Waals surface area contributed by atoms with Gasteiger partial charge in [-0.15, -0.1) is 0 Å². The predicted molar refractivity (Wildman–Crippen MR) is 93.3 cm³/mol. The van der Waals surface area contributed by atoms with Gasteiger partial charge < -0.3 is 11.1 Å². The Labute approximate surface area is 140 Å². The number of halogens is 2. The summed E-state index contributed by atoms with van der Waals surface area (Å²) in [4.78, 5) is 4.38. The topological polar surface area (TPSA) is 50.4 Å². The van der Waals surface area contributed by atoms with E-state index < -0.39 is 11.6 Å². The minimum Gasteiger partial charge on any atom is -0.370 e. The smallest absolute Gasteiger partial charge is 0.193 e. The number of guanidine groups is 1. The SMILES string of the molecule is Cc1cc(C)cc(NC(N)=NCC2(c3ccc(F)cc3F)CC2)c1. The molecule has 0 aromatic heterocycles. The highest BCUT2D eigenvalue weighted by molar-refractivity contribution is 5.92. The standard InChI is InChI=1S/C19H21F2N3/c1-12-7-13(2)9-15(8-12)24-18(22)23-11-19(5-6-19)16-4-3-14(20)10-17(16)21/h3-4,7-10H,5-6,11H2,1-2H3,(H3,22,23,24). The first-order valence-corrected chi connectivity index (χ1v) is 7.99. The fraction of sp³-hybridized carbons (Fsp3) is 0.316. The van der Waals surface area contributed by atoms with E-state index in [0.717, 1.165) is 35.7 Å².